The van der Waals surface area contributed by atoms with Crippen LogP contribution in [0.3, 0.4) is 0 Å². The van der Waals surface area contributed by atoms with Gasteiger partial charge in [0.2, 0.25) is 0 Å². The van der Waals surface area contributed by atoms with E-state index >= 15 is 0 Å². The Morgan fingerprint density at radius 1 is 0.283 bits per heavy atom. The van der Waals surface area contributed by atoms with Gasteiger partial charge >= 0.3 is 0 Å². The van der Waals surface area contributed by atoms with Crippen molar-refractivity contribution in [3.63, 3.8) is 0 Å². The molecular formula is C55H36N4O. The highest BCUT2D eigenvalue weighted by Crippen LogP contribution is 2.40. The number of furan rings is 1. The summed E-state index contributed by atoms with van der Waals surface area (Å²) in [5, 5.41) is 4.52. The zero-order chi connectivity index (χ0) is 39.8. The SMILES string of the molecule is c1ccc(-c2ccc(N(c3ccccc3)c3ccc4c(c3)oc3cc(-c5nc(-c6ccccc6)nc(-c6ccc(-c7ccc8ccccc8c7)cc6)n5)ccc34)cc2)cc1. The van der Waals surface area contributed by atoms with Crippen LogP contribution in [-0.4, -0.2) is 15.0 Å². The summed E-state index contributed by atoms with van der Waals surface area (Å²) in [6.45, 7) is 0. The number of hydrogen-bond acceptors (Lipinski definition) is 5. The Bertz CT molecular complexity index is 3290. The number of nitrogens with zero attached hydrogens (tertiary/aromatic N) is 4. The first-order valence-electron chi connectivity index (χ1n) is 20.1. The van der Waals surface area contributed by atoms with Crippen molar-refractivity contribution in [3.05, 3.63) is 218 Å². The Kier molecular flexibility index (Phi) is 8.75. The van der Waals surface area contributed by atoms with Crippen LogP contribution in [0, 0.1) is 0 Å². The molecule has 11 aromatic rings. The summed E-state index contributed by atoms with van der Waals surface area (Å²) >= 11 is 0. The van der Waals surface area contributed by atoms with Crippen LogP contribution in [-0.2, 0) is 0 Å². The van der Waals surface area contributed by atoms with Gasteiger partial charge in [-0.15, -0.1) is 0 Å². The van der Waals surface area contributed by atoms with E-state index in [1.54, 1.807) is 0 Å². The summed E-state index contributed by atoms with van der Waals surface area (Å²) in [5.74, 6) is 1.80. The van der Waals surface area contributed by atoms with Crippen LogP contribution < -0.4 is 4.90 Å². The van der Waals surface area contributed by atoms with Crippen LogP contribution in [0.25, 0.3) is 89.1 Å². The third-order valence-corrected chi connectivity index (χ3v) is 11.1. The first kappa shape index (κ1) is 35.0. The van der Waals surface area contributed by atoms with E-state index < -0.39 is 0 Å². The smallest absolute Gasteiger partial charge is 0.164 e. The number of hydrogen-bond donors (Lipinski definition) is 0. The molecule has 5 heteroatoms. The van der Waals surface area contributed by atoms with Gasteiger partial charge in [-0.2, -0.15) is 0 Å². The molecule has 60 heavy (non-hydrogen) atoms. The van der Waals surface area contributed by atoms with Gasteiger partial charge in [-0.3, -0.25) is 0 Å². The predicted molar refractivity (Wildman–Crippen MR) is 246 cm³/mol. The minimum atomic E-state index is 0.578. The van der Waals surface area contributed by atoms with Crippen LogP contribution in [0.1, 0.15) is 0 Å². The van der Waals surface area contributed by atoms with Gasteiger partial charge in [0, 0.05) is 50.6 Å². The topological polar surface area (TPSA) is 55.1 Å². The molecule has 0 aliphatic rings. The number of benzene rings is 9. The van der Waals surface area contributed by atoms with Crippen molar-refractivity contribution in [2.45, 2.75) is 0 Å². The molecule has 0 saturated carbocycles. The maximum absolute atomic E-state index is 6.67. The lowest BCUT2D eigenvalue weighted by Crippen LogP contribution is -2.09. The quantitative estimate of drug-likeness (QED) is 0.154. The average molecular weight is 769 g/mol. The van der Waals surface area contributed by atoms with Gasteiger partial charge in [0.05, 0.1) is 0 Å². The van der Waals surface area contributed by atoms with E-state index in [0.29, 0.717) is 17.5 Å². The Morgan fingerprint density at radius 2 is 0.717 bits per heavy atom. The molecule has 0 atom stereocenters. The third kappa shape index (κ3) is 6.64. The van der Waals surface area contributed by atoms with Crippen molar-refractivity contribution in [2.24, 2.45) is 0 Å². The van der Waals surface area contributed by atoms with Gasteiger partial charge in [0.25, 0.3) is 0 Å². The fourth-order valence-electron chi connectivity index (χ4n) is 8.03. The highest BCUT2D eigenvalue weighted by molar-refractivity contribution is 6.07. The Balaban J connectivity index is 0.961. The zero-order valence-electron chi connectivity index (χ0n) is 32.5. The third-order valence-electron chi connectivity index (χ3n) is 11.1. The van der Waals surface area contributed by atoms with Gasteiger partial charge in [-0.25, -0.2) is 15.0 Å². The molecule has 0 radical (unpaired) electrons. The van der Waals surface area contributed by atoms with Gasteiger partial charge in [0.1, 0.15) is 11.2 Å². The molecule has 0 aliphatic carbocycles. The van der Waals surface area contributed by atoms with Gasteiger partial charge in [0.15, 0.2) is 17.5 Å². The lowest BCUT2D eigenvalue weighted by atomic mass is 10.00. The highest BCUT2D eigenvalue weighted by atomic mass is 16.3. The predicted octanol–water partition coefficient (Wildman–Crippen LogP) is 14.7. The van der Waals surface area contributed by atoms with Crippen molar-refractivity contribution in [2.75, 3.05) is 4.90 Å². The summed E-state index contributed by atoms with van der Waals surface area (Å²) < 4.78 is 6.67. The molecule has 0 aliphatic heterocycles. The van der Waals surface area contributed by atoms with Crippen LogP contribution in [0.5, 0.6) is 0 Å². The second kappa shape index (κ2) is 15.0. The molecule has 0 unspecified atom stereocenters. The molecule has 0 bridgehead atoms. The number of aromatic nitrogens is 3. The summed E-state index contributed by atoms with van der Waals surface area (Å²) in [6, 6.07) is 75.8. The molecule has 0 spiro atoms. The normalized spacial score (nSPS) is 11.3. The second-order valence-electron chi connectivity index (χ2n) is 14.9. The van der Waals surface area contributed by atoms with Gasteiger partial charge in [-0.1, -0.05) is 158 Å². The number of fused-ring (bicyclic) bond motifs is 4. The summed E-state index contributed by atoms with van der Waals surface area (Å²) in [7, 11) is 0. The molecular weight excluding hydrogens is 733 g/mol. The number of rotatable bonds is 8. The summed E-state index contributed by atoms with van der Waals surface area (Å²) in [4.78, 5) is 17.3. The summed E-state index contributed by atoms with van der Waals surface area (Å²) in [6.07, 6.45) is 0. The molecule has 2 aromatic heterocycles. The Labute approximate surface area is 347 Å². The zero-order valence-corrected chi connectivity index (χ0v) is 32.5. The molecule has 9 aromatic carbocycles. The van der Waals surface area contributed by atoms with E-state index in [1.807, 2.05) is 48.5 Å². The van der Waals surface area contributed by atoms with Crippen LogP contribution in [0.4, 0.5) is 17.1 Å². The molecule has 0 fully saturated rings. The van der Waals surface area contributed by atoms with E-state index in [4.69, 9.17) is 19.4 Å². The standard InChI is InChI=1S/C55H36N4O/c1-4-12-37(13-5-1)39-26-29-47(30-27-39)59(46-18-8-3-9-19-46)48-31-33-50-49-32-28-45(35-51(49)60-52(50)36-48)55-57-53(41-15-6-2-7-16-41)56-54(58-55)42-23-20-40(21-24-42)44-25-22-38-14-10-11-17-43(38)34-44/h1-36H. The van der Waals surface area contributed by atoms with E-state index in [9.17, 15) is 0 Å². The second-order valence-corrected chi connectivity index (χ2v) is 14.9. The van der Waals surface area contributed by atoms with E-state index in [1.165, 1.54) is 21.9 Å². The van der Waals surface area contributed by atoms with Crippen molar-refractivity contribution in [1.29, 1.82) is 0 Å². The lowest BCUT2D eigenvalue weighted by Gasteiger charge is -2.25. The van der Waals surface area contributed by atoms with Gasteiger partial charge < -0.3 is 9.32 Å². The monoisotopic (exact) mass is 768 g/mol. The average Bonchev–Trinajstić information content (AvgIpc) is 3.70. The van der Waals surface area contributed by atoms with Crippen molar-refractivity contribution in [3.8, 4) is 56.4 Å². The van der Waals surface area contributed by atoms with Crippen LogP contribution >= 0.6 is 0 Å². The number of para-hydroxylation sites is 1. The first-order valence-corrected chi connectivity index (χ1v) is 20.1. The van der Waals surface area contributed by atoms with Crippen LogP contribution in [0.2, 0.25) is 0 Å². The Hall–Kier alpha value is -8.15. The molecule has 282 valence electrons. The Morgan fingerprint density at radius 3 is 1.42 bits per heavy atom. The largest absolute Gasteiger partial charge is 0.456 e. The minimum absolute atomic E-state index is 0.578. The van der Waals surface area contributed by atoms with Crippen LogP contribution in [0.15, 0.2) is 223 Å². The molecule has 2 heterocycles. The maximum Gasteiger partial charge on any atom is 0.164 e. The summed E-state index contributed by atoms with van der Waals surface area (Å²) in [5.41, 5.74) is 12.0. The molecule has 0 saturated heterocycles. The molecule has 0 N–H and O–H groups in total. The minimum Gasteiger partial charge on any atom is -0.456 e. The molecule has 0 amide bonds. The van der Waals surface area contributed by atoms with E-state index in [-0.39, 0.29) is 0 Å². The molecule has 11 rings (SSSR count). The van der Waals surface area contributed by atoms with E-state index in [2.05, 4.69) is 175 Å². The van der Waals surface area contributed by atoms with Crippen molar-refractivity contribution in [1.82, 2.24) is 15.0 Å². The first-order chi connectivity index (χ1) is 29.7. The van der Waals surface area contributed by atoms with Crippen molar-refractivity contribution >= 4 is 49.8 Å². The fourth-order valence-corrected chi connectivity index (χ4v) is 8.03. The van der Waals surface area contributed by atoms with E-state index in [0.717, 1.165) is 66.8 Å². The highest BCUT2D eigenvalue weighted by Gasteiger charge is 2.18. The molecule has 5 nitrogen and oxygen atoms in total. The van der Waals surface area contributed by atoms with Gasteiger partial charge in [-0.05, 0) is 87.6 Å². The fraction of sp³-hybridized carbons (Fsp3) is 0. The van der Waals surface area contributed by atoms with Crippen molar-refractivity contribution < 1.29 is 4.42 Å². The number of anilines is 3. The lowest BCUT2D eigenvalue weighted by molar-refractivity contribution is 0.669. The maximum atomic E-state index is 6.67.